The van der Waals surface area contributed by atoms with Gasteiger partial charge in [-0.05, 0) is 43.1 Å². The summed E-state index contributed by atoms with van der Waals surface area (Å²) in [6.45, 7) is 5.44. The van der Waals surface area contributed by atoms with Crippen molar-refractivity contribution in [2.75, 3.05) is 13.1 Å². The van der Waals surface area contributed by atoms with Crippen LogP contribution in [0.1, 0.15) is 19.8 Å². The molecule has 0 spiro atoms. The third-order valence-corrected chi connectivity index (χ3v) is 4.11. The van der Waals surface area contributed by atoms with Gasteiger partial charge in [-0.2, -0.15) is 5.10 Å². The maximum Gasteiger partial charge on any atom is 0.203 e. The van der Waals surface area contributed by atoms with Crippen molar-refractivity contribution in [1.29, 1.82) is 0 Å². The minimum Gasteiger partial charge on any atom is -0.284 e. The number of likely N-dealkylation sites (tertiary alicyclic amines) is 1. The quantitative estimate of drug-likeness (QED) is 0.778. The van der Waals surface area contributed by atoms with Crippen LogP contribution in [0.15, 0.2) is 24.4 Å². The summed E-state index contributed by atoms with van der Waals surface area (Å²) < 4.78 is 4.67. The van der Waals surface area contributed by atoms with Crippen molar-refractivity contribution in [3.63, 3.8) is 0 Å². The van der Waals surface area contributed by atoms with Crippen molar-refractivity contribution in [1.82, 2.24) is 19.1 Å². The number of rotatable bonds is 2. The molecule has 0 amide bonds. The maximum atomic E-state index is 5.46. The van der Waals surface area contributed by atoms with E-state index in [1.165, 1.54) is 12.8 Å². The van der Waals surface area contributed by atoms with Crippen LogP contribution in [0.4, 0.5) is 0 Å². The van der Waals surface area contributed by atoms with Crippen molar-refractivity contribution in [2.24, 2.45) is 5.92 Å². The maximum absolute atomic E-state index is 5.46. The molecule has 4 nitrogen and oxygen atoms in total. The zero-order valence-electron chi connectivity index (χ0n) is 10.6. The summed E-state index contributed by atoms with van der Waals surface area (Å²) in [5.41, 5.74) is 0.924. The fourth-order valence-electron chi connectivity index (χ4n) is 2.45. The van der Waals surface area contributed by atoms with Crippen LogP contribution in [0.5, 0.6) is 0 Å². The Hall–Kier alpha value is -1.20. The topological polar surface area (TPSA) is 25.5 Å². The number of hydrogen-bond acceptors (Lipinski definition) is 3. The zero-order valence-corrected chi connectivity index (χ0v) is 11.4. The molecule has 3 rings (SSSR count). The fraction of sp³-hybridized carbons (Fsp3) is 0.538. The number of aromatic nitrogens is 3. The molecule has 1 saturated heterocycles. The van der Waals surface area contributed by atoms with Gasteiger partial charge in [-0.25, -0.2) is 4.68 Å². The highest BCUT2D eigenvalue weighted by molar-refractivity contribution is 7.71. The molecule has 0 atom stereocenters. The van der Waals surface area contributed by atoms with Crippen LogP contribution in [0.2, 0.25) is 0 Å². The minimum absolute atomic E-state index is 0.782. The lowest BCUT2D eigenvalue weighted by atomic mass is 10.00. The van der Waals surface area contributed by atoms with Crippen LogP contribution in [-0.4, -0.2) is 32.2 Å². The number of pyridine rings is 1. The Balaban J connectivity index is 1.82. The Labute approximate surface area is 112 Å². The predicted octanol–water partition coefficient (Wildman–Crippen LogP) is 2.55. The molecule has 2 aromatic heterocycles. The number of hydrogen-bond donors (Lipinski definition) is 0. The van der Waals surface area contributed by atoms with Crippen LogP contribution in [-0.2, 0) is 6.67 Å². The first-order valence-electron chi connectivity index (χ1n) is 6.50. The molecule has 1 aliphatic heterocycles. The Bertz CT molecular complexity index is 592. The summed E-state index contributed by atoms with van der Waals surface area (Å²) in [7, 11) is 0. The summed E-state index contributed by atoms with van der Waals surface area (Å²) in [6, 6.07) is 5.96. The summed E-state index contributed by atoms with van der Waals surface area (Å²) >= 11 is 5.46. The minimum atomic E-state index is 0.782. The summed E-state index contributed by atoms with van der Waals surface area (Å²) in [5, 5.41) is 4.56. The lowest BCUT2D eigenvalue weighted by Crippen LogP contribution is -2.34. The molecule has 0 bridgehead atoms. The SMILES string of the molecule is CC1CCN(Cn2nc3ccccn3c2=S)CC1. The highest BCUT2D eigenvalue weighted by Gasteiger charge is 2.16. The van der Waals surface area contributed by atoms with Crippen molar-refractivity contribution < 1.29 is 0 Å². The van der Waals surface area contributed by atoms with E-state index in [1.54, 1.807) is 0 Å². The van der Waals surface area contributed by atoms with Gasteiger partial charge in [0.25, 0.3) is 0 Å². The van der Waals surface area contributed by atoms with Crippen LogP contribution in [0, 0.1) is 10.7 Å². The summed E-state index contributed by atoms with van der Waals surface area (Å²) in [6.07, 6.45) is 4.53. The molecule has 0 N–H and O–H groups in total. The van der Waals surface area contributed by atoms with E-state index in [2.05, 4.69) is 16.9 Å². The molecule has 3 heterocycles. The number of fused-ring (bicyclic) bond motifs is 1. The molecule has 1 fully saturated rings. The molecule has 2 aromatic rings. The van der Waals surface area contributed by atoms with Crippen molar-refractivity contribution in [3.05, 3.63) is 29.2 Å². The second kappa shape index (κ2) is 4.82. The molecule has 18 heavy (non-hydrogen) atoms. The van der Waals surface area contributed by atoms with E-state index in [0.717, 1.165) is 36.1 Å². The standard InChI is InChI=1S/C13H18N4S/c1-11-5-8-15(9-6-11)10-17-13(18)16-7-3-2-4-12(16)14-17/h2-4,7,11H,5-6,8-10H2,1H3. The van der Waals surface area contributed by atoms with E-state index in [9.17, 15) is 0 Å². The monoisotopic (exact) mass is 262 g/mol. The van der Waals surface area contributed by atoms with Gasteiger partial charge in [-0.15, -0.1) is 0 Å². The molecule has 5 heteroatoms. The molecule has 0 aromatic carbocycles. The van der Waals surface area contributed by atoms with Gasteiger partial charge in [0.15, 0.2) is 5.65 Å². The van der Waals surface area contributed by atoms with Crippen molar-refractivity contribution in [3.8, 4) is 0 Å². The summed E-state index contributed by atoms with van der Waals surface area (Å²) in [4.78, 5) is 2.43. The van der Waals surface area contributed by atoms with Gasteiger partial charge >= 0.3 is 0 Å². The molecule has 0 unspecified atom stereocenters. The second-order valence-electron chi connectivity index (χ2n) is 5.15. The molecule has 1 aliphatic rings. The smallest absolute Gasteiger partial charge is 0.203 e. The average Bonchev–Trinajstić information content (AvgIpc) is 2.70. The van der Waals surface area contributed by atoms with Gasteiger partial charge in [0.2, 0.25) is 4.77 Å². The number of piperidine rings is 1. The first-order chi connectivity index (χ1) is 8.74. The largest absolute Gasteiger partial charge is 0.284 e. The third kappa shape index (κ3) is 2.20. The average molecular weight is 262 g/mol. The first kappa shape index (κ1) is 11.9. The van der Waals surface area contributed by atoms with Crippen molar-refractivity contribution >= 4 is 17.9 Å². The Morgan fingerprint density at radius 1 is 1.33 bits per heavy atom. The van der Waals surface area contributed by atoms with E-state index in [0.29, 0.717) is 0 Å². The van der Waals surface area contributed by atoms with Gasteiger partial charge in [-0.1, -0.05) is 13.0 Å². The first-order valence-corrected chi connectivity index (χ1v) is 6.91. The molecule has 0 aliphatic carbocycles. The molecular weight excluding hydrogens is 244 g/mol. The van der Waals surface area contributed by atoms with Crippen LogP contribution >= 0.6 is 12.2 Å². The van der Waals surface area contributed by atoms with Gasteiger partial charge < -0.3 is 0 Å². The zero-order chi connectivity index (χ0) is 12.5. The fourth-order valence-corrected chi connectivity index (χ4v) is 2.71. The van der Waals surface area contributed by atoms with E-state index in [4.69, 9.17) is 12.2 Å². The summed E-state index contributed by atoms with van der Waals surface area (Å²) in [5.74, 6) is 0.857. The van der Waals surface area contributed by atoms with Gasteiger partial charge in [0, 0.05) is 19.3 Å². The highest BCUT2D eigenvalue weighted by Crippen LogP contribution is 2.16. The lowest BCUT2D eigenvalue weighted by Gasteiger charge is -2.29. The van der Waals surface area contributed by atoms with E-state index in [-0.39, 0.29) is 0 Å². The predicted molar refractivity (Wildman–Crippen MR) is 74.0 cm³/mol. The Morgan fingerprint density at radius 3 is 2.83 bits per heavy atom. The van der Waals surface area contributed by atoms with Gasteiger partial charge in [-0.3, -0.25) is 9.30 Å². The highest BCUT2D eigenvalue weighted by atomic mass is 32.1. The van der Waals surface area contributed by atoms with E-state index >= 15 is 0 Å². The van der Waals surface area contributed by atoms with Gasteiger partial charge in [0.1, 0.15) is 0 Å². The normalized spacial score (nSPS) is 18.5. The van der Waals surface area contributed by atoms with Crippen molar-refractivity contribution in [2.45, 2.75) is 26.4 Å². The molecule has 0 radical (unpaired) electrons. The Morgan fingerprint density at radius 2 is 2.11 bits per heavy atom. The Kier molecular flexibility index (Phi) is 3.18. The molecule has 96 valence electrons. The van der Waals surface area contributed by atoms with Crippen LogP contribution in [0.3, 0.4) is 0 Å². The second-order valence-corrected chi connectivity index (χ2v) is 5.52. The third-order valence-electron chi connectivity index (χ3n) is 3.70. The lowest BCUT2D eigenvalue weighted by molar-refractivity contribution is 0.146. The van der Waals surface area contributed by atoms with E-state index in [1.807, 2.05) is 33.5 Å². The van der Waals surface area contributed by atoms with Crippen LogP contribution < -0.4 is 0 Å². The van der Waals surface area contributed by atoms with Gasteiger partial charge in [0.05, 0.1) is 6.67 Å². The van der Waals surface area contributed by atoms with Crippen LogP contribution in [0.25, 0.3) is 5.65 Å². The van der Waals surface area contributed by atoms with E-state index < -0.39 is 0 Å². The molecular formula is C13H18N4S. The molecule has 0 saturated carbocycles. The number of nitrogens with zero attached hydrogens (tertiary/aromatic N) is 4.